The van der Waals surface area contributed by atoms with Crippen LogP contribution in [0, 0.1) is 10.1 Å². The Bertz CT molecular complexity index is 418. The molecule has 0 radical (unpaired) electrons. The average Bonchev–Trinajstić information content (AvgIpc) is 2.14. The Kier molecular flexibility index (Phi) is 2.49. The maximum atomic E-state index is 10.5. The second-order valence-electron chi connectivity index (χ2n) is 3.56. The molecule has 2 rings (SSSR count). The number of aliphatic hydroxyl groups is 1. The number of nitrogens with zero attached hydrogens (tertiary/aromatic N) is 1. The molecule has 1 aromatic carbocycles. The molecule has 0 aromatic heterocycles. The monoisotopic (exact) mass is 272 g/mol. The van der Waals surface area contributed by atoms with E-state index in [1.54, 1.807) is 6.07 Å². The van der Waals surface area contributed by atoms with Crippen LogP contribution in [0.25, 0.3) is 0 Å². The van der Waals surface area contributed by atoms with E-state index in [9.17, 15) is 15.2 Å². The Hall–Kier alpha value is -0.980. The van der Waals surface area contributed by atoms with Gasteiger partial charge in [-0.1, -0.05) is 15.9 Å². The van der Waals surface area contributed by atoms with Crippen LogP contribution in [0.1, 0.15) is 5.56 Å². The molecule has 15 heavy (non-hydrogen) atoms. The summed E-state index contributed by atoms with van der Waals surface area (Å²) >= 11 is 3.23. The van der Waals surface area contributed by atoms with Crippen molar-refractivity contribution in [2.45, 2.75) is 5.60 Å². The molecule has 0 amide bonds. The lowest BCUT2D eigenvalue weighted by atomic mass is 9.88. The van der Waals surface area contributed by atoms with Crippen LogP contribution in [0.5, 0.6) is 0 Å². The summed E-state index contributed by atoms with van der Waals surface area (Å²) in [6.45, 7) is 0.951. The van der Waals surface area contributed by atoms with Crippen LogP contribution in [0.3, 0.4) is 0 Å². The van der Waals surface area contributed by atoms with Crippen LogP contribution in [-0.2, 0) is 5.60 Å². The van der Waals surface area contributed by atoms with Gasteiger partial charge in [-0.2, -0.15) is 0 Å². The molecule has 80 valence electrons. The van der Waals surface area contributed by atoms with Gasteiger partial charge in [-0.3, -0.25) is 10.1 Å². The number of nitrogens with one attached hydrogen (secondary N) is 1. The summed E-state index contributed by atoms with van der Waals surface area (Å²) in [7, 11) is 0. The zero-order chi connectivity index (χ0) is 11.1. The highest BCUT2D eigenvalue weighted by Gasteiger charge is 2.37. The molecule has 0 aliphatic carbocycles. The first kappa shape index (κ1) is 10.5. The fourth-order valence-corrected chi connectivity index (χ4v) is 2.28. The van der Waals surface area contributed by atoms with E-state index in [1.165, 1.54) is 12.1 Å². The van der Waals surface area contributed by atoms with Crippen molar-refractivity contribution in [2.75, 3.05) is 13.1 Å². The van der Waals surface area contributed by atoms with Crippen molar-refractivity contribution < 1.29 is 10.0 Å². The lowest BCUT2D eigenvalue weighted by Crippen LogP contribution is -2.56. The van der Waals surface area contributed by atoms with Crippen LogP contribution >= 0.6 is 15.9 Å². The van der Waals surface area contributed by atoms with E-state index >= 15 is 0 Å². The third kappa shape index (κ3) is 1.75. The van der Waals surface area contributed by atoms with E-state index < -0.39 is 10.5 Å². The third-order valence-corrected chi connectivity index (χ3v) is 3.16. The van der Waals surface area contributed by atoms with Crippen molar-refractivity contribution in [3.05, 3.63) is 38.3 Å². The first-order valence-electron chi connectivity index (χ1n) is 4.40. The lowest BCUT2D eigenvalue weighted by molar-refractivity contribution is -0.385. The van der Waals surface area contributed by atoms with Gasteiger partial charge in [0.15, 0.2) is 0 Å². The Morgan fingerprint density at radius 3 is 2.60 bits per heavy atom. The standard InChI is InChI=1S/C9H9BrN2O3/c10-8-3-6(12(14)15)1-2-7(8)9(13)4-11-5-9/h1-3,11,13H,4-5H2. The van der Waals surface area contributed by atoms with E-state index in [-0.39, 0.29) is 5.69 Å². The topological polar surface area (TPSA) is 75.4 Å². The molecule has 0 saturated carbocycles. The van der Waals surface area contributed by atoms with Crippen LogP contribution < -0.4 is 5.32 Å². The van der Waals surface area contributed by atoms with Gasteiger partial charge in [-0.25, -0.2) is 0 Å². The Morgan fingerprint density at radius 2 is 2.20 bits per heavy atom. The third-order valence-electron chi connectivity index (χ3n) is 2.50. The molecule has 1 aromatic rings. The number of hydrogen-bond acceptors (Lipinski definition) is 4. The summed E-state index contributed by atoms with van der Waals surface area (Å²) < 4.78 is 0.570. The molecule has 0 unspecified atom stereocenters. The fourth-order valence-electron chi connectivity index (χ4n) is 1.55. The van der Waals surface area contributed by atoms with Crippen molar-refractivity contribution in [1.82, 2.24) is 5.32 Å². The molecule has 5 nitrogen and oxygen atoms in total. The molecule has 1 fully saturated rings. The molecule has 0 atom stereocenters. The normalized spacial score (nSPS) is 18.3. The maximum Gasteiger partial charge on any atom is 0.270 e. The van der Waals surface area contributed by atoms with Gasteiger partial charge < -0.3 is 10.4 Å². The second kappa shape index (κ2) is 3.55. The summed E-state index contributed by atoms with van der Waals surface area (Å²) in [6, 6.07) is 4.39. The number of rotatable bonds is 2. The van der Waals surface area contributed by atoms with Gasteiger partial charge in [-0.05, 0) is 6.07 Å². The number of non-ortho nitro benzene ring substituents is 1. The van der Waals surface area contributed by atoms with Crippen molar-refractivity contribution in [1.29, 1.82) is 0 Å². The minimum absolute atomic E-state index is 0.0153. The van der Waals surface area contributed by atoms with Crippen LogP contribution in [0.2, 0.25) is 0 Å². The average molecular weight is 273 g/mol. The van der Waals surface area contributed by atoms with Crippen LogP contribution in [0.15, 0.2) is 22.7 Å². The van der Waals surface area contributed by atoms with Crippen molar-refractivity contribution in [3.8, 4) is 0 Å². The number of benzene rings is 1. The molecule has 1 saturated heterocycles. The zero-order valence-electron chi connectivity index (χ0n) is 7.74. The summed E-state index contributed by atoms with van der Waals surface area (Å²) in [5.41, 5.74) is -0.193. The van der Waals surface area contributed by atoms with Gasteiger partial charge in [0.1, 0.15) is 5.60 Å². The van der Waals surface area contributed by atoms with Gasteiger partial charge in [0.05, 0.1) is 4.92 Å². The van der Waals surface area contributed by atoms with Crippen LogP contribution in [-0.4, -0.2) is 23.1 Å². The van der Waals surface area contributed by atoms with Gasteiger partial charge >= 0.3 is 0 Å². The number of nitro groups is 1. The van der Waals surface area contributed by atoms with Gasteiger partial charge in [-0.15, -0.1) is 0 Å². The predicted octanol–water partition coefficient (Wildman–Crippen LogP) is 1.15. The molecule has 1 aliphatic heterocycles. The minimum Gasteiger partial charge on any atom is -0.382 e. The molecule has 2 N–H and O–H groups in total. The second-order valence-corrected chi connectivity index (χ2v) is 4.41. The number of nitro benzene ring substituents is 1. The van der Waals surface area contributed by atoms with Crippen molar-refractivity contribution >= 4 is 21.6 Å². The van der Waals surface area contributed by atoms with E-state index in [1.807, 2.05) is 0 Å². The predicted molar refractivity (Wildman–Crippen MR) is 57.6 cm³/mol. The molecular weight excluding hydrogens is 264 g/mol. The van der Waals surface area contributed by atoms with Gasteiger partial charge in [0.2, 0.25) is 0 Å². The van der Waals surface area contributed by atoms with E-state index in [4.69, 9.17) is 0 Å². The highest BCUT2D eigenvalue weighted by Crippen LogP contribution is 2.33. The molecule has 0 bridgehead atoms. The Labute approximate surface area is 94.4 Å². The smallest absolute Gasteiger partial charge is 0.270 e. The highest BCUT2D eigenvalue weighted by molar-refractivity contribution is 9.10. The van der Waals surface area contributed by atoms with Crippen molar-refractivity contribution in [2.24, 2.45) is 0 Å². The molecule has 1 aliphatic rings. The molecule has 1 heterocycles. The Balaban J connectivity index is 2.38. The van der Waals surface area contributed by atoms with E-state index in [2.05, 4.69) is 21.2 Å². The minimum atomic E-state index is -0.895. The maximum absolute atomic E-state index is 10.5. The van der Waals surface area contributed by atoms with Gasteiger partial charge in [0, 0.05) is 35.3 Å². The Morgan fingerprint density at radius 1 is 1.53 bits per heavy atom. The summed E-state index contributed by atoms with van der Waals surface area (Å²) in [5, 5.41) is 23.5. The lowest BCUT2D eigenvalue weighted by Gasteiger charge is -2.38. The zero-order valence-corrected chi connectivity index (χ0v) is 9.32. The van der Waals surface area contributed by atoms with E-state index in [0.717, 1.165) is 0 Å². The fraction of sp³-hybridized carbons (Fsp3) is 0.333. The first-order chi connectivity index (χ1) is 7.03. The molecule has 6 heteroatoms. The van der Waals surface area contributed by atoms with E-state index in [0.29, 0.717) is 23.1 Å². The SMILES string of the molecule is O=[N+]([O-])c1ccc(C2(O)CNC2)c(Br)c1. The summed E-state index contributed by atoms with van der Waals surface area (Å²) in [4.78, 5) is 10.0. The number of hydrogen-bond donors (Lipinski definition) is 2. The summed E-state index contributed by atoms with van der Waals surface area (Å²) in [6.07, 6.45) is 0. The van der Waals surface area contributed by atoms with Crippen LogP contribution in [0.4, 0.5) is 5.69 Å². The van der Waals surface area contributed by atoms with Crippen molar-refractivity contribution in [3.63, 3.8) is 0 Å². The molecular formula is C9H9BrN2O3. The summed E-state index contributed by atoms with van der Waals surface area (Å²) in [5.74, 6) is 0. The first-order valence-corrected chi connectivity index (χ1v) is 5.20. The van der Waals surface area contributed by atoms with Gasteiger partial charge in [0.25, 0.3) is 5.69 Å². The number of β-amino-alcohol motifs (C(OH)–C–C–N with tert-alkyl or cyclic N) is 1. The molecule has 0 spiro atoms. The quantitative estimate of drug-likeness (QED) is 0.626. The number of halogens is 1. The largest absolute Gasteiger partial charge is 0.382 e. The highest BCUT2D eigenvalue weighted by atomic mass is 79.9.